The third-order valence-electron chi connectivity index (χ3n) is 4.53. The number of esters is 1. The molecule has 3 aromatic carbocycles. The second-order valence-electron chi connectivity index (χ2n) is 7.20. The Kier molecular flexibility index (Phi) is 8.05. The Morgan fingerprint density at radius 3 is 2.30 bits per heavy atom. The Morgan fingerprint density at radius 1 is 0.939 bits per heavy atom. The number of amides is 2. The van der Waals surface area contributed by atoms with Crippen LogP contribution in [0.4, 0.5) is 5.69 Å². The van der Waals surface area contributed by atoms with Crippen LogP contribution in [0.5, 0.6) is 11.5 Å². The number of carbonyl (C=O) groups excluding carboxylic acids is 3. The van der Waals surface area contributed by atoms with E-state index in [9.17, 15) is 14.4 Å². The van der Waals surface area contributed by atoms with Crippen LogP contribution < -0.4 is 20.1 Å². The molecule has 0 fully saturated rings. The highest BCUT2D eigenvalue weighted by atomic mass is 35.5. The molecule has 0 saturated carbocycles. The summed E-state index contributed by atoms with van der Waals surface area (Å²) in [4.78, 5) is 35.8. The number of hydrogen-bond donors (Lipinski definition) is 2. The smallest absolute Gasteiger partial charge is 0.308 e. The van der Waals surface area contributed by atoms with Gasteiger partial charge in [0.25, 0.3) is 11.8 Å². The van der Waals surface area contributed by atoms with E-state index in [4.69, 9.17) is 21.1 Å². The standard InChI is InChI=1S/C25H23ClN2O5/c1-16(32-22-12-8-20(26)9-13-22)24(30)27-15-18-6-10-21(11-7-18)28-25(31)19-4-3-5-23(14-19)33-17(2)29/h3-14,16H,15H2,1-2H3,(H,27,30)(H,28,31). The maximum atomic E-state index is 12.5. The molecule has 0 aliphatic carbocycles. The number of nitrogens with one attached hydrogen (secondary N) is 2. The second-order valence-corrected chi connectivity index (χ2v) is 7.64. The van der Waals surface area contributed by atoms with Gasteiger partial charge in [0.15, 0.2) is 6.10 Å². The third kappa shape index (κ3) is 7.36. The monoisotopic (exact) mass is 466 g/mol. The summed E-state index contributed by atoms with van der Waals surface area (Å²) in [5.41, 5.74) is 1.81. The predicted molar refractivity (Wildman–Crippen MR) is 126 cm³/mol. The molecule has 2 amide bonds. The van der Waals surface area contributed by atoms with E-state index >= 15 is 0 Å². The average Bonchev–Trinajstić information content (AvgIpc) is 2.79. The van der Waals surface area contributed by atoms with Gasteiger partial charge in [-0.1, -0.05) is 29.8 Å². The quantitative estimate of drug-likeness (QED) is 0.374. The maximum absolute atomic E-state index is 12.5. The van der Waals surface area contributed by atoms with E-state index in [2.05, 4.69) is 10.6 Å². The Morgan fingerprint density at radius 2 is 1.64 bits per heavy atom. The first-order valence-corrected chi connectivity index (χ1v) is 10.6. The van der Waals surface area contributed by atoms with Crippen molar-refractivity contribution in [3.8, 4) is 11.5 Å². The molecule has 1 unspecified atom stereocenters. The molecule has 1 atom stereocenters. The van der Waals surface area contributed by atoms with Crippen molar-refractivity contribution in [3.63, 3.8) is 0 Å². The molecule has 0 radical (unpaired) electrons. The third-order valence-corrected chi connectivity index (χ3v) is 4.78. The van der Waals surface area contributed by atoms with Crippen molar-refractivity contribution in [2.24, 2.45) is 0 Å². The van der Waals surface area contributed by atoms with Gasteiger partial charge in [-0.2, -0.15) is 0 Å². The van der Waals surface area contributed by atoms with Gasteiger partial charge in [-0.05, 0) is 67.1 Å². The molecule has 8 heteroatoms. The van der Waals surface area contributed by atoms with Crippen LogP contribution in [0.1, 0.15) is 29.8 Å². The van der Waals surface area contributed by atoms with Crippen LogP contribution >= 0.6 is 11.6 Å². The van der Waals surface area contributed by atoms with E-state index in [-0.39, 0.29) is 11.8 Å². The van der Waals surface area contributed by atoms with Crippen LogP contribution in [0.3, 0.4) is 0 Å². The lowest BCUT2D eigenvalue weighted by molar-refractivity contribution is -0.132. The Labute approximate surface area is 196 Å². The number of carbonyl (C=O) groups is 3. The summed E-state index contributed by atoms with van der Waals surface area (Å²) in [6.07, 6.45) is -0.674. The summed E-state index contributed by atoms with van der Waals surface area (Å²) < 4.78 is 10.6. The Bertz CT molecular complexity index is 1130. The first-order chi connectivity index (χ1) is 15.8. The summed E-state index contributed by atoms with van der Waals surface area (Å²) in [7, 11) is 0. The summed E-state index contributed by atoms with van der Waals surface area (Å²) in [5.74, 6) is -0.189. The van der Waals surface area contributed by atoms with Crippen LogP contribution in [0.15, 0.2) is 72.8 Å². The van der Waals surface area contributed by atoms with Crippen LogP contribution in [0, 0.1) is 0 Å². The predicted octanol–water partition coefficient (Wildman–Crippen LogP) is 4.60. The summed E-state index contributed by atoms with van der Waals surface area (Å²) in [6.45, 7) is 3.27. The van der Waals surface area contributed by atoms with Crippen LogP contribution in [-0.2, 0) is 16.1 Å². The van der Waals surface area contributed by atoms with E-state index < -0.39 is 12.1 Å². The van der Waals surface area contributed by atoms with Gasteiger partial charge in [0, 0.05) is 29.7 Å². The second kappa shape index (κ2) is 11.2. The van der Waals surface area contributed by atoms with Crippen molar-refractivity contribution >= 4 is 35.1 Å². The Balaban J connectivity index is 1.50. The highest BCUT2D eigenvalue weighted by molar-refractivity contribution is 6.30. The van der Waals surface area contributed by atoms with Gasteiger partial charge in [-0.15, -0.1) is 0 Å². The van der Waals surface area contributed by atoms with Crippen LogP contribution in [0.2, 0.25) is 5.02 Å². The number of benzene rings is 3. The minimum atomic E-state index is -0.674. The summed E-state index contributed by atoms with van der Waals surface area (Å²) in [6, 6.07) is 20.2. The number of ether oxygens (including phenoxy) is 2. The largest absolute Gasteiger partial charge is 0.481 e. The molecule has 0 aliphatic rings. The normalized spacial score (nSPS) is 11.2. The van der Waals surface area contributed by atoms with Gasteiger partial charge in [-0.3, -0.25) is 14.4 Å². The molecule has 0 aromatic heterocycles. The summed E-state index contributed by atoms with van der Waals surface area (Å²) >= 11 is 5.85. The lowest BCUT2D eigenvalue weighted by Crippen LogP contribution is -2.35. The molecule has 7 nitrogen and oxygen atoms in total. The zero-order chi connectivity index (χ0) is 23.8. The van der Waals surface area contributed by atoms with Crippen molar-refractivity contribution in [2.75, 3.05) is 5.32 Å². The maximum Gasteiger partial charge on any atom is 0.308 e. The van der Waals surface area contributed by atoms with E-state index in [0.717, 1.165) is 5.56 Å². The molecular weight excluding hydrogens is 444 g/mol. The molecule has 0 spiro atoms. The highest BCUT2D eigenvalue weighted by Crippen LogP contribution is 2.18. The van der Waals surface area contributed by atoms with Crippen molar-refractivity contribution in [1.29, 1.82) is 0 Å². The van der Waals surface area contributed by atoms with Gasteiger partial charge in [0.05, 0.1) is 0 Å². The molecule has 170 valence electrons. The number of hydrogen-bond acceptors (Lipinski definition) is 5. The minimum absolute atomic E-state index is 0.255. The minimum Gasteiger partial charge on any atom is -0.481 e. The molecule has 0 heterocycles. The lowest BCUT2D eigenvalue weighted by atomic mass is 10.1. The number of rotatable bonds is 8. The van der Waals surface area contributed by atoms with Gasteiger partial charge in [0.2, 0.25) is 0 Å². The lowest BCUT2D eigenvalue weighted by Gasteiger charge is -2.15. The molecule has 0 aliphatic heterocycles. The fourth-order valence-corrected chi connectivity index (χ4v) is 3.01. The first-order valence-electron chi connectivity index (χ1n) is 10.2. The van der Waals surface area contributed by atoms with E-state index in [1.807, 2.05) is 0 Å². The van der Waals surface area contributed by atoms with Crippen molar-refractivity contribution < 1.29 is 23.9 Å². The fraction of sp³-hybridized carbons (Fsp3) is 0.160. The molecule has 3 rings (SSSR count). The average molecular weight is 467 g/mol. The molecular formula is C25H23ClN2O5. The molecule has 3 aromatic rings. The SMILES string of the molecule is CC(=O)Oc1cccc(C(=O)Nc2ccc(CNC(=O)C(C)Oc3ccc(Cl)cc3)cc2)c1. The van der Waals surface area contributed by atoms with E-state index in [1.54, 1.807) is 73.7 Å². The summed E-state index contributed by atoms with van der Waals surface area (Å²) in [5, 5.41) is 6.20. The zero-order valence-electron chi connectivity index (χ0n) is 18.1. The van der Waals surface area contributed by atoms with Crippen molar-refractivity contribution in [3.05, 3.63) is 88.9 Å². The van der Waals surface area contributed by atoms with Gasteiger partial charge in [0.1, 0.15) is 11.5 Å². The topological polar surface area (TPSA) is 93.7 Å². The first kappa shape index (κ1) is 23.8. The van der Waals surface area contributed by atoms with Gasteiger partial charge < -0.3 is 20.1 Å². The zero-order valence-corrected chi connectivity index (χ0v) is 18.9. The van der Waals surface area contributed by atoms with E-state index in [1.165, 1.54) is 13.0 Å². The highest BCUT2D eigenvalue weighted by Gasteiger charge is 2.14. The molecule has 2 N–H and O–H groups in total. The molecule has 0 saturated heterocycles. The van der Waals surface area contributed by atoms with Crippen LogP contribution in [-0.4, -0.2) is 23.9 Å². The van der Waals surface area contributed by atoms with Crippen LogP contribution in [0.25, 0.3) is 0 Å². The van der Waals surface area contributed by atoms with E-state index in [0.29, 0.717) is 34.3 Å². The van der Waals surface area contributed by atoms with Gasteiger partial charge >= 0.3 is 5.97 Å². The molecule has 0 bridgehead atoms. The number of halogens is 1. The van der Waals surface area contributed by atoms with Gasteiger partial charge in [-0.25, -0.2) is 0 Å². The van der Waals surface area contributed by atoms with Crippen molar-refractivity contribution in [2.45, 2.75) is 26.5 Å². The van der Waals surface area contributed by atoms with Crippen molar-refractivity contribution in [1.82, 2.24) is 5.32 Å². The molecule has 33 heavy (non-hydrogen) atoms. The Hall–Kier alpha value is -3.84. The fourth-order valence-electron chi connectivity index (χ4n) is 2.88. The number of anilines is 1.